The summed E-state index contributed by atoms with van der Waals surface area (Å²) in [6.07, 6.45) is 0.596. The Morgan fingerprint density at radius 1 is 1.04 bits per heavy atom. The normalized spacial score (nSPS) is 15.0. The van der Waals surface area contributed by atoms with Crippen LogP contribution in [0.2, 0.25) is 10.0 Å². The van der Waals surface area contributed by atoms with Gasteiger partial charge in [-0.2, -0.15) is 4.31 Å². The number of fused-ring (bicyclic) bond motifs is 1. The molecule has 0 unspecified atom stereocenters. The zero-order chi connectivity index (χ0) is 18.3. The molecule has 26 heavy (non-hydrogen) atoms. The van der Waals surface area contributed by atoms with Crippen LogP contribution >= 0.6 is 34.5 Å². The molecule has 134 valence electrons. The molecule has 0 bridgehead atoms. The van der Waals surface area contributed by atoms with Gasteiger partial charge in [0.15, 0.2) is 0 Å². The second-order valence-corrected chi connectivity index (χ2v) is 9.76. The predicted molar refractivity (Wildman–Crippen MR) is 105 cm³/mol. The second-order valence-electron chi connectivity index (χ2n) is 5.92. The van der Waals surface area contributed by atoms with Gasteiger partial charge in [-0.05, 0) is 18.2 Å². The topological polar surface area (TPSA) is 50.3 Å². The van der Waals surface area contributed by atoms with Crippen LogP contribution in [-0.2, 0) is 23.0 Å². The van der Waals surface area contributed by atoms with Crippen molar-refractivity contribution in [2.75, 3.05) is 6.54 Å². The van der Waals surface area contributed by atoms with Gasteiger partial charge in [-0.15, -0.1) is 11.3 Å². The molecule has 1 aromatic heterocycles. The van der Waals surface area contributed by atoms with Crippen molar-refractivity contribution in [3.8, 4) is 10.6 Å². The van der Waals surface area contributed by atoms with Gasteiger partial charge in [0, 0.05) is 23.4 Å². The maximum atomic E-state index is 12.9. The molecule has 3 aromatic rings. The lowest BCUT2D eigenvalue weighted by Gasteiger charge is -2.25. The quantitative estimate of drug-likeness (QED) is 0.602. The van der Waals surface area contributed by atoms with Crippen molar-refractivity contribution in [3.63, 3.8) is 0 Å². The fraction of sp³-hybridized carbons (Fsp3) is 0.167. The number of halogens is 2. The minimum absolute atomic E-state index is 0.156. The van der Waals surface area contributed by atoms with E-state index >= 15 is 0 Å². The molecule has 0 saturated carbocycles. The van der Waals surface area contributed by atoms with Gasteiger partial charge in [-0.25, -0.2) is 13.4 Å². The molecule has 0 radical (unpaired) electrons. The number of benzene rings is 2. The lowest BCUT2D eigenvalue weighted by atomic mass is 10.2. The minimum atomic E-state index is -3.63. The van der Waals surface area contributed by atoms with Crippen LogP contribution < -0.4 is 0 Å². The van der Waals surface area contributed by atoms with Crippen LogP contribution in [0.1, 0.15) is 10.6 Å². The zero-order valence-electron chi connectivity index (χ0n) is 13.5. The molecule has 0 aliphatic carbocycles. The fourth-order valence-corrected chi connectivity index (χ4v) is 5.88. The molecule has 1 aliphatic rings. The summed E-state index contributed by atoms with van der Waals surface area (Å²) in [6, 6.07) is 14.3. The average Bonchev–Trinajstić information content (AvgIpc) is 3.08. The highest BCUT2D eigenvalue weighted by Gasteiger charge is 2.30. The number of thiazole rings is 1. The van der Waals surface area contributed by atoms with E-state index in [-0.39, 0.29) is 9.92 Å². The maximum absolute atomic E-state index is 12.9. The lowest BCUT2D eigenvalue weighted by Crippen LogP contribution is -2.35. The molecule has 0 fully saturated rings. The van der Waals surface area contributed by atoms with Crippen molar-refractivity contribution in [2.24, 2.45) is 0 Å². The van der Waals surface area contributed by atoms with E-state index in [1.54, 1.807) is 11.3 Å². The van der Waals surface area contributed by atoms with Crippen LogP contribution in [0.3, 0.4) is 0 Å². The lowest BCUT2D eigenvalue weighted by molar-refractivity contribution is 0.393. The fourth-order valence-electron chi connectivity index (χ4n) is 2.87. The van der Waals surface area contributed by atoms with Gasteiger partial charge >= 0.3 is 0 Å². The number of sulfonamides is 1. The van der Waals surface area contributed by atoms with Gasteiger partial charge in [0.2, 0.25) is 10.0 Å². The van der Waals surface area contributed by atoms with E-state index in [4.69, 9.17) is 28.2 Å². The third kappa shape index (κ3) is 3.28. The molecule has 0 atom stereocenters. The smallest absolute Gasteiger partial charge is 0.241 e. The molecule has 2 aromatic carbocycles. The van der Waals surface area contributed by atoms with Crippen molar-refractivity contribution >= 4 is 44.6 Å². The molecular formula is C18H14Cl2N2O2S2. The summed E-state index contributed by atoms with van der Waals surface area (Å²) < 4.78 is 27.4. The summed E-state index contributed by atoms with van der Waals surface area (Å²) in [5, 5.41) is 1.49. The molecule has 4 nitrogen and oxygen atoms in total. The summed E-state index contributed by atoms with van der Waals surface area (Å²) in [4.78, 5) is 5.84. The van der Waals surface area contributed by atoms with Crippen LogP contribution in [0.25, 0.3) is 10.6 Å². The van der Waals surface area contributed by atoms with Crippen LogP contribution in [0.15, 0.2) is 53.4 Å². The average molecular weight is 425 g/mol. The monoisotopic (exact) mass is 424 g/mol. The van der Waals surface area contributed by atoms with Crippen molar-refractivity contribution in [2.45, 2.75) is 17.9 Å². The number of hydrogen-bond acceptors (Lipinski definition) is 4. The Bertz CT molecular complexity index is 1070. The van der Waals surface area contributed by atoms with Crippen molar-refractivity contribution in [1.82, 2.24) is 9.29 Å². The number of nitrogens with zero attached hydrogens (tertiary/aromatic N) is 2. The summed E-state index contributed by atoms with van der Waals surface area (Å²) >= 11 is 13.4. The largest absolute Gasteiger partial charge is 0.243 e. The third-order valence-corrected chi connectivity index (χ3v) is 7.96. The Labute approximate surface area is 166 Å². The van der Waals surface area contributed by atoms with Crippen molar-refractivity contribution < 1.29 is 8.42 Å². The maximum Gasteiger partial charge on any atom is 0.243 e. The second kappa shape index (κ2) is 6.94. The Morgan fingerprint density at radius 2 is 1.81 bits per heavy atom. The van der Waals surface area contributed by atoms with Gasteiger partial charge in [0.05, 0.1) is 27.2 Å². The molecule has 0 spiro atoms. The summed E-state index contributed by atoms with van der Waals surface area (Å²) in [5.74, 6) is 0. The third-order valence-electron chi connectivity index (χ3n) is 4.25. The molecule has 1 aliphatic heterocycles. The SMILES string of the molecule is O=S(=O)(c1ccc(Cl)c(Cl)c1)N1CCc2nc(-c3ccccc3)sc2C1. The molecular weight excluding hydrogens is 411 g/mol. The number of aromatic nitrogens is 1. The summed E-state index contributed by atoms with van der Waals surface area (Å²) in [7, 11) is -3.63. The predicted octanol–water partition coefficient (Wildman–Crippen LogP) is 4.86. The van der Waals surface area contributed by atoms with Crippen LogP contribution in [0.4, 0.5) is 0 Å². The standard InChI is InChI=1S/C18H14Cl2N2O2S2/c19-14-7-6-13(10-15(14)20)26(23,24)22-9-8-16-17(11-22)25-18(21-16)12-4-2-1-3-5-12/h1-7,10H,8-9,11H2. The van der Waals surface area contributed by atoms with E-state index in [0.29, 0.717) is 24.5 Å². The molecule has 0 amide bonds. The van der Waals surface area contributed by atoms with Crippen LogP contribution in [-0.4, -0.2) is 24.3 Å². The molecule has 0 N–H and O–H groups in total. The van der Waals surface area contributed by atoms with E-state index < -0.39 is 10.0 Å². The van der Waals surface area contributed by atoms with E-state index in [1.165, 1.54) is 22.5 Å². The van der Waals surface area contributed by atoms with Gasteiger partial charge in [-0.3, -0.25) is 0 Å². The van der Waals surface area contributed by atoms with Gasteiger partial charge in [0.25, 0.3) is 0 Å². The molecule has 2 heterocycles. The first-order valence-corrected chi connectivity index (χ1v) is 11.0. The van der Waals surface area contributed by atoms with Gasteiger partial charge < -0.3 is 0 Å². The van der Waals surface area contributed by atoms with Gasteiger partial charge in [0.1, 0.15) is 5.01 Å². The van der Waals surface area contributed by atoms with Crippen molar-refractivity contribution in [3.05, 3.63) is 69.1 Å². The van der Waals surface area contributed by atoms with E-state index in [2.05, 4.69) is 0 Å². The summed E-state index contributed by atoms with van der Waals surface area (Å²) in [5.41, 5.74) is 2.03. The molecule has 8 heteroatoms. The number of rotatable bonds is 3. The zero-order valence-corrected chi connectivity index (χ0v) is 16.7. The van der Waals surface area contributed by atoms with E-state index in [1.807, 2.05) is 30.3 Å². The van der Waals surface area contributed by atoms with E-state index in [0.717, 1.165) is 21.1 Å². The highest BCUT2D eigenvalue weighted by atomic mass is 35.5. The summed E-state index contributed by atoms with van der Waals surface area (Å²) in [6.45, 7) is 0.718. The molecule has 0 saturated heterocycles. The van der Waals surface area contributed by atoms with Crippen LogP contribution in [0.5, 0.6) is 0 Å². The number of hydrogen-bond donors (Lipinski definition) is 0. The first-order chi connectivity index (χ1) is 12.4. The molecule has 4 rings (SSSR count). The van der Waals surface area contributed by atoms with Gasteiger partial charge in [-0.1, -0.05) is 53.5 Å². The van der Waals surface area contributed by atoms with Crippen molar-refractivity contribution in [1.29, 1.82) is 0 Å². The van der Waals surface area contributed by atoms with E-state index in [9.17, 15) is 8.42 Å². The Hall–Kier alpha value is -1.44. The van der Waals surface area contributed by atoms with Crippen LogP contribution in [0, 0.1) is 0 Å². The Morgan fingerprint density at radius 3 is 2.54 bits per heavy atom. The first-order valence-electron chi connectivity index (χ1n) is 7.94. The first kappa shape index (κ1) is 17.9. The highest BCUT2D eigenvalue weighted by Crippen LogP contribution is 2.34. The minimum Gasteiger partial charge on any atom is -0.241 e. The highest BCUT2D eigenvalue weighted by molar-refractivity contribution is 7.89. The Balaban J connectivity index is 1.64. The Kier molecular flexibility index (Phi) is 4.79.